The van der Waals surface area contributed by atoms with Gasteiger partial charge in [-0.2, -0.15) is 11.3 Å². The van der Waals surface area contributed by atoms with Gasteiger partial charge in [-0.3, -0.25) is 0 Å². The maximum Gasteiger partial charge on any atom is 0.339 e. The Morgan fingerprint density at radius 2 is 2.30 bits per heavy atom. The smallest absolute Gasteiger partial charge is 0.339 e. The van der Waals surface area contributed by atoms with Gasteiger partial charge in [0.2, 0.25) is 0 Å². The molecule has 1 N–H and O–H groups in total. The molecule has 0 spiro atoms. The number of carbonyl (C=O) groups is 1. The van der Waals surface area contributed by atoms with Gasteiger partial charge in [-0.05, 0) is 23.6 Å². The van der Waals surface area contributed by atoms with Gasteiger partial charge in [-0.25, -0.2) is 9.78 Å². The minimum absolute atomic E-state index is 0.0815. The topological polar surface area (TPSA) is 71.9 Å². The SMILES string of the molecule is CN(C[C@H]1COCCO1)c1nc(-c2ccsc2)ccc1C(=O)O. The predicted octanol–water partition coefficient (Wildman–Crippen LogP) is 2.36. The lowest BCUT2D eigenvalue weighted by Gasteiger charge is -2.28. The number of anilines is 1. The van der Waals surface area contributed by atoms with E-state index < -0.39 is 5.97 Å². The minimum Gasteiger partial charge on any atom is -0.478 e. The van der Waals surface area contributed by atoms with Crippen LogP contribution in [0, 0.1) is 0 Å². The van der Waals surface area contributed by atoms with E-state index >= 15 is 0 Å². The summed E-state index contributed by atoms with van der Waals surface area (Å²) >= 11 is 1.58. The van der Waals surface area contributed by atoms with Gasteiger partial charge in [0.25, 0.3) is 0 Å². The molecule has 6 nitrogen and oxygen atoms in total. The standard InChI is InChI=1S/C16H18N2O4S/c1-18(8-12-9-21-5-6-22-12)15-13(16(19)20)2-3-14(17-15)11-4-7-23-10-11/h2-4,7,10,12H,5-6,8-9H2,1H3,(H,19,20)/t12-/m0/s1. The van der Waals surface area contributed by atoms with E-state index in [1.54, 1.807) is 23.5 Å². The molecule has 3 heterocycles. The first-order chi connectivity index (χ1) is 11.1. The highest BCUT2D eigenvalue weighted by molar-refractivity contribution is 7.08. The van der Waals surface area contributed by atoms with Crippen LogP contribution in [0.2, 0.25) is 0 Å². The van der Waals surface area contributed by atoms with Crippen molar-refractivity contribution in [2.75, 3.05) is 38.3 Å². The van der Waals surface area contributed by atoms with Crippen LogP contribution in [0.3, 0.4) is 0 Å². The number of hydrogen-bond acceptors (Lipinski definition) is 6. The number of nitrogens with zero attached hydrogens (tertiary/aromatic N) is 2. The minimum atomic E-state index is -0.989. The first-order valence-corrected chi connectivity index (χ1v) is 8.27. The van der Waals surface area contributed by atoms with E-state index in [1.165, 1.54) is 0 Å². The van der Waals surface area contributed by atoms with Crippen molar-refractivity contribution in [1.82, 2.24) is 4.98 Å². The Balaban J connectivity index is 1.87. The van der Waals surface area contributed by atoms with Gasteiger partial charge in [0.1, 0.15) is 11.4 Å². The van der Waals surface area contributed by atoms with Crippen molar-refractivity contribution in [2.45, 2.75) is 6.10 Å². The highest BCUT2D eigenvalue weighted by atomic mass is 32.1. The fraction of sp³-hybridized carbons (Fsp3) is 0.375. The average Bonchev–Trinajstić information content (AvgIpc) is 3.09. The van der Waals surface area contributed by atoms with Crippen molar-refractivity contribution in [3.8, 4) is 11.3 Å². The van der Waals surface area contributed by atoms with E-state index in [0.29, 0.717) is 32.2 Å². The second-order valence-corrected chi connectivity index (χ2v) is 6.11. The Morgan fingerprint density at radius 3 is 2.96 bits per heavy atom. The van der Waals surface area contributed by atoms with E-state index in [-0.39, 0.29) is 11.7 Å². The number of pyridine rings is 1. The Kier molecular flexibility index (Phi) is 4.90. The summed E-state index contributed by atoms with van der Waals surface area (Å²) in [5.74, 6) is -0.549. The van der Waals surface area contributed by atoms with Crippen molar-refractivity contribution in [3.05, 3.63) is 34.5 Å². The number of ether oxygens (including phenoxy) is 2. The summed E-state index contributed by atoms with van der Waals surface area (Å²) in [5.41, 5.74) is 1.93. The van der Waals surface area contributed by atoms with Crippen LogP contribution in [0.15, 0.2) is 29.0 Å². The second kappa shape index (κ2) is 7.08. The van der Waals surface area contributed by atoms with Gasteiger partial charge in [0.05, 0.1) is 31.6 Å². The van der Waals surface area contributed by atoms with E-state index in [1.807, 2.05) is 28.8 Å². The van der Waals surface area contributed by atoms with Gasteiger partial charge in [-0.15, -0.1) is 0 Å². The number of likely N-dealkylation sites (N-methyl/N-ethyl adjacent to an activating group) is 1. The predicted molar refractivity (Wildman–Crippen MR) is 88.3 cm³/mol. The maximum absolute atomic E-state index is 11.5. The molecule has 1 saturated heterocycles. The molecule has 1 aliphatic rings. The molecule has 3 rings (SSSR count). The summed E-state index contributed by atoms with van der Waals surface area (Å²) in [6, 6.07) is 5.31. The molecule has 1 atom stereocenters. The van der Waals surface area contributed by atoms with Crippen LogP contribution in [-0.2, 0) is 9.47 Å². The fourth-order valence-electron chi connectivity index (χ4n) is 2.51. The van der Waals surface area contributed by atoms with Gasteiger partial charge in [-0.1, -0.05) is 0 Å². The normalized spacial score (nSPS) is 17.9. The van der Waals surface area contributed by atoms with Crippen molar-refractivity contribution in [1.29, 1.82) is 0 Å². The summed E-state index contributed by atoms with van der Waals surface area (Å²) in [6.07, 6.45) is -0.0815. The third kappa shape index (κ3) is 3.69. The Labute approximate surface area is 138 Å². The highest BCUT2D eigenvalue weighted by Crippen LogP contribution is 2.26. The molecule has 0 bridgehead atoms. The van der Waals surface area contributed by atoms with E-state index in [0.717, 1.165) is 11.3 Å². The number of aromatic nitrogens is 1. The monoisotopic (exact) mass is 334 g/mol. The van der Waals surface area contributed by atoms with Gasteiger partial charge >= 0.3 is 5.97 Å². The first kappa shape index (κ1) is 15.9. The van der Waals surface area contributed by atoms with Crippen LogP contribution < -0.4 is 4.90 Å². The molecule has 0 amide bonds. The zero-order valence-electron chi connectivity index (χ0n) is 12.8. The summed E-state index contributed by atoms with van der Waals surface area (Å²) < 4.78 is 11.0. The molecular formula is C16H18N2O4S. The Bertz CT molecular complexity index is 669. The lowest BCUT2D eigenvalue weighted by atomic mass is 10.1. The molecular weight excluding hydrogens is 316 g/mol. The van der Waals surface area contributed by atoms with Crippen LogP contribution in [0.1, 0.15) is 10.4 Å². The van der Waals surface area contributed by atoms with Crippen LogP contribution >= 0.6 is 11.3 Å². The summed E-state index contributed by atoms with van der Waals surface area (Å²) in [5, 5.41) is 13.4. The zero-order valence-corrected chi connectivity index (χ0v) is 13.6. The molecule has 0 aromatic carbocycles. The van der Waals surface area contributed by atoms with E-state index in [4.69, 9.17) is 9.47 Å². The molecule has 2 aromatic rings. The van der Waals surface area contributed by atoms with Crippen LogP contribution in [-0.4, -0.2) is 55.6 Å². The zero-order chi connectivity index (χ0) is 16.2. The molecule has 0 radical (unpaired) electrons. The molecule has 122 valence electrons. The molecule has 1 fully saturated rings. The van der Waals surface area contributed by atoms with E-state index in [9.17, 15) is 9.90 Å². The summed E-state index contributed by atoms with van der Waals surface area (Å²) in [6.45, 7) is 2.20. The molecule has 0 aliphatic carbocycles. The molecule has 23 heavy (non-hydrogen) atoms. The molecule has 0 saturated carbocycles. The number of carboxylic acids is 1. The van der Waals surface area contributed by atoms with Crippen molar-refractivity contribution < 1.29 is 19.4 Å². The largest absolute Gasteiger partial charge is 0.478 e. The number of hydrogen-bond donors (Lipinski definition) is 1. The molecule has 7 heteroatoms. The molecule has 0 unspecified atom stereocenters. The summed E-state index contributed by atoms with van der Waals surface area (Å²) in [7, 11) is 1.82. The van der Waals surface area contributed by atoms with Crippen LogP contribution in [0.5, 0.6) is 0 Å². The average molecular weight is 334 g/mol. The number of aromatic carboxylic acids is 1. The van der Waals surface area contributed by atoms with Gasteiger partial charge in [0.15, 0.2) is 0 Å². The lowest BCUT2D eigenvalue weighted by Crippen LogP contribution is -2.39. The van der Waals surface area contributed by atoms with Gasteiger partial charge < -0.3 is 19.5 Å². The lowest BCUT2D eigenvalue weighted by molar-refractivity contribution is -0.0837. The first-order valence-electron chi connectivity index (χ1n) is 7.32. The fourth-order valence-corrected chi connectivity index (χ4v) is 3.16. The summed E-state index contributed by atoms with van der Waals surface area (Å²) in [4.78, 5) is 17.9. The second-order valence-electron chi connectivity index (χ2n) is 5.33. The highest BCUT2D eigenvalue weighted by Gasteiger charge is 2.21. The third-order valence-electron chi connectivity index (χ3n) is 3.65. The van der Waals surface area contributed by atoms with Crippen LogP contribution in [0.25, 0.3) is 11.3 Å². The maximum atomic E-state index is 11.5. The Hall–Kier alpha value is -1.96. The number of rotatable bonds is 5. The van der Waals surface area contributed by atoms with Crippen LogP contribution in [0.4, 0.5) is 5.82 Å². The third-order valence-corrected chi connectivity index (χ3v) is 4.33. The number of carboxylic acid groups (broad SMARTS) is 1. The quantitative estimate of drug-likeness (QED) is 0.905. The van der Waals surface area contributed by atoms with Crippen molar-refractivity contribution >= 4 is 23.1 Å². The molecule has 2 aromatic heterocycles. The molecule has 1 aliphatic heterocycles. The van der Waals surface area contributed by atoms with Crippen molar-refractivity contribution in [3.63, 3.8) is 0 Å². The van der Waals surface area contributed by atoms with E-state index in [2.05, 4.69) is 4.98 Å². The number of thiophene rings is 1. The van der Waals surface area contributed by atoms with Gasteiger partial charge in [0, 0.05) is 24.5 Å². The Morgan fingerprint density at radius 1 is 1.43 bits per heavy atom. The van der Waals surface area contributed by atoms with Crippen molar-refractivity contribution in [2.24, 2.45) is 0 Å².